The zero-order valence-corrected chi connectivity index (χ0v) is 17.0. The van der Waals surface area contributed by atoms with Gasteiger partial charge in [-0.15, -0.1) is 0 Å². The summed E-state index contributed by atoms with van der Waals surface area (Å²) in [7, 11) is -3.66. The van der Waals surface area contributed by atoms with Crippen LogP contribution in [0.5, 0.6) is 11.5 Å². The summed E-state index contributed by atoms with van der Waals surface area (Å²) in [5.74, 6) is 0.844. The molecular weight excluding hydrogens is 380 g/mol. The second-order valence-electron chi connectivity index (χ2n) is 6.77. The van der Waals surface area contributed by atoms with Crippen LogP contribution in [0.25, 0.3) is 0 Å². The minimum atomic E-state index is -3.66. The number of ether oxygens (including phenoxy) is 2. The highest BCUT2D eigenvalue weighted by Gasteiger charge is 2.25. The number of rotatable bonds is 7. The quantitative estimate of drug-likeness (QED) is 0.765. The summed E-state index contributed by atoms with van der Waals surface area (Å²) in [4.78, 5) is 12.5. The summed E-state index contributed by atoms with van der Waals surface area (Å²) in [6.07, 6.45) is 0. The fraction of sp³-hybridized carbons (Fsp3) is 0.350. The lowest BCUT2D eigenvalue weighted by atomic mass is 10.0. The van der Waals surface area contributed by atoms with E-state index in [0.717, 1.165) is 9.87 Å². The molecule has 0 spiro atoms. The van der Waals surface area contributed by atoms with E-state index in [1.807, 2.05) is 24.3 Å². The molecule has 1 amide bonds. The Bertz CT molecular complexity index is 955. The molecule has 0 fully saturated rings. The van der Waals surface area contributed by atoms with Crippen molar-refractivity contribution in [1.29, 1.82) is 0 Å². The molecule has 2 aromatic rings. The van der Waals surface area contributed by atoms with Crippen molar-refractivity contribution in [1.82, 2.24) is 0 Å². The molecule has 0 bridgehead atoms. The van der Waals surface area contributed by atoms with Crippen LogP contribution in [-0.4, -0.2) is 33.4 Å². The van der Waals surface area contributed by atoms with Gasteiger partial charge in [-0.25, -0.2) is 8.42 Å². The summed E-state index contributed by atoms with van der Waals surface area (Å²) in [5, 5.41) is 2.76. The zero-order chi connectivity index (χ0) is 20.3. The summed E-state index contributed by atoms with van der Waals surface area (Å²) >= 11 is 0. The van der Waals surface area contributed by atoms with Crippen LogP contribution in [-0.2, 0) is 14.8 Å². The van der Waals surface area contributed by atoms with Crippen molar-refractivity contribution in [2.24, 2.45) is 0 Å². The lowest BCUT2D eigenvalue weighted by Gasteiger charge is -2.23. The lowest BCUT2D eigenvalue weighted by molar-refractivity contribution is -0.114. The van der Waals surface area contributed by atoms with Gasteiger partial charge in [0.05, 0.1) is 11.4 Å². The van der Waals surface area contributed by atoms with Gasteiger partial charge in [-0.2, -0.15) is 0 Å². The molecule has 0 aliphatic carbocycles. The molecule has 28 heavy (non-hydrogen) atoms. The number of amides is 1. The maximum Gasteiger partial charge on any atom is 0.245 e. The van der Waals surface area contributed by atoms with Crippen LogP contribution in [0.15, 0.2) is 42.5 Å². The molecule has 150 valence electrons. The standard InChI is InChI=1S/C20H24N2O5S/c1-4-28(24,25)22(17-9-10-18-19(11-17)27-13-26-18)12-20(23)21-16-7-5-15(6-8-16)14(2)3/h5-11,14H,4,12-13H2,1-3H3,(H,21,23). The first-order valence-corrected chi connectivity index (χ1v) is 10.7. The maximum absolute atomic E-state index is 12.6. The number of carbonyl (C=O) groups excluding carboxylic acids is 1. The van der Waals surface area contributed by atoms with Gasteiger partial charge >= 0.3 is 0 Å². The van der Waals surface area contributed by atoms with Crippen LogP contribution in [0, 0.1) is 0 Å². The summed E-state index contributed by atoms with van der Waals surface area (Å²) < 4.78 is 36.8. The Kier molecular flexibility index (Phi) is 5.79. The highest BCUT2D eigenvalue weighted by Crippen LogP contribution is 2.36. The lowest BCUT2D eigenvalue weighted by Crippen LogP contribution is -2.39. The number of nitrogens with one attached hydrogen (secondary N) is 1. The van der Waals surface area contributed by atoms with Crippen LogP contribution in [0.2, 0.25) is 0 Å². The predicted molar refractivity (Wildman–Crippen MR) is 109 cm³/mol. The Morgan fingerprint density at radius 1 is 1.11 bits per heavy atom. The van der Waals surface area contributed by atoms with Gasteiger partial charge < -0.3 is 14.8 Å². The van der Waals surface area contributed by atoms with Gasteiger partial charge in [0.1, 0.15) is 6.54 Å². The first-order valence-electron chi connectivity index (χ1n) is 9.10. The molecule has 1 N–H and O–H groups in total. The summed E-state index contributed by atoms with van der Waals surface area (Å²) in [6, 6.07) is 12.3. The Hall–Kier alpha value is -2.74. The molecule has 0 unspecified atom stereocenters. The molecule has 1 aliphatic rings. The third-order valence-corrected chi connectivity index (χ3v) is 6.23. The molecular formula is C20H24N2O5S. The van der Waals surface area contributed by atoms with Crippen molar-refractivity contribution in [2.45, 2.75) is 26.7 Å². The van der Waals surface area contributed by atoms with E-state index in [0.29, 0.717) is 28.8 Å². The number of anilines is 2. The molecule has 1 aliphatic heterocycles. The highest BCUT2D eigenvalue weighted by atomic mass is 32.2. The predicted octanol–water partition coefficient (Wildman–Crippen LogP) is 3.33. The van der Waals surface area contributed by atoms with E-state index in [-0.39, 0.29) is 19.1 Å². The van der Waals surface area contributed by atoms with Gasteiger partial charge in [-0.05, 0) is 42.7 Å². The Morgan fingerprint density at radius 3 is 2.43 bits per heavy atom. The fourth-order valence-corrected chi connectivity index (χ4v) is 3.89. The van der Waals surface area contributed by atoms with Gasteiger partial charge in [0, 0.05) is 11.8 Å². The van der Waals surface area contributed by atoms with Crippen LogP contribution in [0.1, 0.15) is 32.3 Å². The largest absolute Gasteiger partial charge is 0.454 e. The Balaban J connectivity index is 1.79. The van der Waals surface area contributed by atoms with E-state index in [2.05, 4.69) is 19.2 Å². The van der Waals surface area contributed by atoms with E-state index in [1.165, 1.54) is 6.92 Å². The summed E-state index contributed by atoms with van der Waals surface area (Å²) in [6.45, 7) is 5.48. The van der Waals surface area contributed by atoms with Crippen LogP contribution in [0.4, 0.5) is 11.4 Å². The van der Waals surface area contributed by atoms with Gasteiger partial charge in [-0.3, -0.25) is 9.10 Å². The topological polar surface area (TPSA) is 84.9 Å². The number of hydrogen-bond acceptors (Lipinski definition) is 5. The Morgan fingerprint density at radius 2 is 1.79 bits per heavy atom. The van der Waals surface area contributed by atoms with Gasteiger partial charge in [0.2, 0.25) is 22.7 Å². The van der Waals surface area contributed by atoms with Crippen LogP contribution < -0.4 is 19.1 Å². The van der Waals surface area contributed by atoms with E-state index >= 15 is 0 Å². The maximum atomic E-state index is 12.6. The average Bonchev–Trinajstić information content (AvgIpc) is 3.14. The first kappa shape index (κ1) is 20.0. The SMILES string of the molecule is CCS(=O)(=O)N(CC(=O)Nc1ccc(C(C)C)cc1)c1ccc2c(c1)OCO2. The minimum absolute atomic E-state index is 0.0895. The first-order chi connectivity index (χ1) is 13.3. The van der Waals surface area contributed by atoms with E-state index in [4.69, 9.17) is 9.47 Å². The van der Waals surface area contributed by atoms with Gasteiger partial charge in [0.15, 0.2) is 11.5 Å². The normalized spacial score (nSPS) is 12.9. The number of hydrogen-bond donors (Lipinski definition) is 1. The van der Waals surface area contributed by atoms with Crippen LogP contribution in [0.3, 0.4) is 0 Å². The number of fused-ring (bicyclic) bond motifs is 1. The van der Waals surface area contributed by atoms with Crippen LogP contribution >= 0.6 is 0 Å². The molecule has 0 saturated heterocycles. The van der Waals surface area contributed by atoms with E-state index in [9.17, 15) is 13.2 Å². The number of nitrogens with zero attached hydrogens (tertiary/aromatic N) is 1. The smallest absolute Gasteiger partial charge is 0.245 e. The van der Waals surface area contributed by atoms with Crippen molar-refractivity contribution >= 4 is 27.3 Å². The third-order valence-electron chi connectivity index (χ3n) is 4.49. The van der Waals surface area contributed by atoms with E-state index in [1.54, 1.807) is 18.2 Å². The molecule has 7 nitrogen and oxygen atoms in total. The molecule has 0 atom stereocenters. The molecule has 1 heterocycles. The average molecular weight is 404 g/mol. The van der Waals surface area contributed by atoms with Crippen molar-refractivity contribution in [2.75, 3.05) is 28.7 Å². The van der Waals surface area contributed by atoms with Crippen molar-refractivity contribution in [3.8, 4) is 11.5 Å². The highest BCUT2D eigenvalue weighted by molar-refractivity contribution is 7.92. The van der Waals surface area contributed by atoms with Crippen molar-refractivity contribution < 1.29 is 22.7 Å². The fourth-order valence-electron chi connectivity index (χ4n) is 2.83. The molecule has 8 heteroatoms. The Labute approximate surface area is 165 Å². The minimum Gasteiger partial charge on any atom is -0.454 e. The second kappa shape index (κ2) is 8.10. The molecule has 0 radical (unpaired) electrons. The molecule has 3 rings (SSSR count). The number of benzene rings is 2. The molecule has 2 aromatic carbocycles. The molecule has 0 aromatic heterocycles. The van der Waals surface area contributed by atoms with Gasteiger partial charge in [-0.1, -0.05) is 26.0 Å². The zero-order valence-electron chi connectivity index (χ0n) is 16.1. The van der Waals surface area contributed by atoms with Crippen molar-refractivity contribution in [3.05, 3.63) is 48.0 Å². The number of sulfonamides is 1. The van der Waals surface area contributed by atoms with E-state index < -0.39 is 15.9 Å². The summed E-state index contributed by atoms with van der Waals surface area (Å²) in [5.41, 5.74) is 2.14. The van der Waals surface area contributed by atoms with Crippen molar-refractivity contribution in [3.63, 3.8) is 0 Å². The second-order valence-corrected chi connectivity index (χ2v) is 8.95. The monoisotopic (exact) mass is 404 g/mol. The third kappa shape index (κ3) is 4.39. The molecule has 0 saturated carbocycles. The number of carbonyl (C=O) groups is 1. The van der Waals surface area contributed by atoms with Gasteiger partial charge in [0.25, 0.3) is 0 Å².